The molecule has 40 heavy (non-hydrogen) atoms. The first kappa shape index (κ1) is 30.8. The van der Waals surface area contributed by atoms with Gasteiger partial charge in [0.2, 0.25) is 5.12 Å². The summed E-state index contributed by atoms with van der Waals surface area (Å²) in [7, 11) is -4.46. The molecule has 0 saturated heterocycles. The summed E-state index contributed by atoms with van der Waals surface area (Å²) in [6, 6.07) is 21.0. The largest absolute Gasteiger partial charge is 0.456 e. The molecule has 3 aromatic rings. The monoisotopic (exact) mass is 586 g/mol. The van der Waals surface area contributed by atoms with Crippen molar-refractivity contribution in [1.82, 2.24) is 0 Å². The Morgan fingerprint density at radius 1 is 0.700 bits per heavy atom. The Kier molecular flexibility index (Phi) is 11.6. The number of carbonyl (C=O) groups excluding carboxylic acids is 4. The van der Waals surface area contributed by atoms with E-state index in [4.69, 9.17) is 23.3 Å². The molecule has 0 bridgehead atoms. The van der Waals surface area contributed by atoms with E-state index in [2.05, 4.69) is 0 Å². The lowest BCUT2D eigenvalue weighted by Gasteiger charge is -2.17. The van der Waals surface area contributed by atoms with Crippen LogP contribution in [0.15, 0.2) is 78.9 Å². The van der Waals surface area contributed by atoms with Crippen molar-refractivity contribution in [1.29, 1.82) is 0 Å². The zero-order chi connectivity index (χ0) is 29.0. The SMILES string of the molecule is CC(=O)Oc1ccc(COP(=O)(OCc2ccc(OC(C)=O)cc2)C(=O)OCCSC(=O)c2ccccc2)cc1. The Bertz CT molecular complexity index is 1290. The fraction of sp³-hybridized carbons (Fsp3) is 0.214. The summed E-state index contributed by atoms with van der Waals surface area (Å²) in [5.74, 6) is -0.192. The molecule has 0 aromatic heterocycles. The highest BCUT2D eigenvalue weighted by Crippen LogP contribution is 2.51. The fourth-order valence-corrected chi connectivity index (χ4v) is 4.93. The third-order valence-electron chi connectivity index (χ3n) is 4.95. The third kappa shape index (κ3) is 10.1. The minimum atomic E-state index is -4.46. The summed E-state index contributed by atoms with van der Waals surface area (Å²) in [6.45, 7) is 1.82. The van der Waals surface area contributed by atoms with E-state index in [-0.39, 0.29) is 30.7 Å². The van der Waals surface area contributed by atoms with Gasteiger partial charge in [0, 0.05) is 25.2 Å². The molecule has 0 aliphatic heterocycles. The average molecular weight is 587 g/mol. The van der Waals surface area contributed by atoms with Gasteiger partial charge in [0.05, 0.1) is 13.2 Å². The third-order valence-corrected chi connectivity index (χ3v) is 7.33. The van der Waals surface area contributed by atoms with Gasteiger partial charge in [-0.1, -0.05) is 66.4 Å². The second kappa shape index (κ2) is 15.1. The Hall–Kier alpha value is -3.76. The van der Waals surface area contributed by atoms with Gasteiger partial charge in [0.25, 0.3) is 0 Å². The highest BCUT2D eigenvalue weighted by atomic mass is 32.2. The molecule has 0 spiro atoms. The molecule has 0 aliphatic rings. The van der Waals surface area contributed by atoms with Gasteiger partial charge < -0.3 is 14.2 Å². The number of hydrogen-bond donors (Lipinski definition) is 0. The van der Waals surface area contributed by atoms with Gasteiger partial charge in [0.15, 0.2) is 0 Å². The van der Waals surface area contributed by atoms with Gasteiger partial charge in [-0.15, -0.1) is 0 Å². The Balaban J connectivity index is 1.62. The lowest BCUT2D eigenvalue weighted by Crippen LogP contribution is -2.12. The molecular formula is C28H27O10PS. The molecule has 3 rings (SSSR count). The highest BCUT2D eigenvalue weighted by molar-refractivity contribution is 8.14. The van der Waals surface area contributed by atoms with E-state index in [0.29, 0.717) is 28.2 Å². The molecule has 0 radical (unpaired) electrons. The predicted molar refractivity (Wildman–Crippen MR) is 147 cm³/mol. The molecule has 0 heterocycles. The van der Waals surface area contributed by atoms with E-state index in [1.165, 1.54) is 38.1 Å². The van der Waals surface area contributed by atoms with Crippen molar-refractivity contribution in [3.63, 3.8) is 0 Å². The minimum absolute atomic E-state index is 0.134. The summed E-state index contributed by atoms with van der Waals surface area (Å²) in [4.78, 5) is 47.3. The van der Waals surface area contributed by atoms with Crippen LogP contribution in [0.4, 0.5) is 4.79 Å². The number of carbonyl (C=O) groups is 4. The first-order chi connectivity index (χ1) is 19.1. The Morgan fingerprint density at radius 2 is 1.18 bits per heavy atom. The predicted octanol–water partition coefficient (Wildman–Crippen LogP) is 6.17. The second-order valence-corrected chi connectivity index (χ2v) is 11.1. The van der Waals surface area contributed by atoms with Crippen molar-refractivity contribution < 1.29 is 47.0 Å². The molecule has 0 unspecified atom stereocenters. The van der Waals surface area contributed by atoms with E-state index >= 15 is 0 Å². The van der Waals surface area contributed by atoms with Crippen molar-refractivity contribution in [2.45, 2.75) is 27.1 Å². The van der Waals surface area contributed by atoms with E-state index in [9.17, 15) is 23.7 Å². The number of hydrogen-bond acceptors (Lipinski definition) is 11. The first-order valence-electron chi connectivity index (χ1n) is 12.0. The van der Waals surface area contributed by atoms with Crippen molar-refractivity contribution in [3.8, 4) is 11.5 Å². The Morgan fingerprint density at radius 3 is 1.62 bits per heavy atom. The van der Waals surface area contributed by atoms with Gasteiger partial charge in [-0.05, 0) is 35.4 Å². The molecule has 0 atom stereocenters. The normalized spacial score (nSPS) is 10.9. The number of esters is 2. The molecule has 0 saturated carbocycles. The molecule has 0 amide bonds. The lowest BCUT2D eigenvalue weighted by molar-refractivity contribution is -0.132. The van der Waals surface area contributed by atoms with Crippen LogP contribution >= 0.6 is 19.4 Å². The van der Waals surface area contributed by atoms with Crippen LogP contribution in [0.5, 0.6) is 11.5 Å². The summed E-state index contributed by atoms with van der Waals surface area (Å²) in [5.41, 5.74) is 0.369. The van der Waals surface area contributed by atoms with Crippen LogP contribution in [-0.2, 0) is 41.2 Å². The zero-order valence-electron chi connectivity index (χ0n) is 21.8. The number of rotatable bonds is 13. The summed E-state index contributed by atoms with van der Waals surface area (Å²) in [6.07, 6.45) is 0. The van der Waals surface area contributed by atoms with E-state index in [1.807, 2.05) is 0 Å². The topological polar surface area (TPSA) is 132 Å². The number of thioether (sulfide) groups is 1. The van der Waals surface area contributed by atoms with E-state index in [0.717, 1.165) is 11.8 Å². The van der Waals surface area contributed by atoms with Crippen LogP contribution in [0.25, 0.3) is 0 Å². The van der Waals surface area contributed by atoms with Gasteiger partial charge in [-0.25, -0.2) is 9.36 Å². The fourth-order valence-electron chi connectivity index (χ4n) is 3.10. The average Bonchev–Trinajstić information content (AvgIpc) is 2.94. The second-order valence-electron chi connectivity index (χ2n) is 8.14. The summed E-state index contributed by atoms with van der Waals surface area (Å²) >= 11 is 0.954. The van der Waals surface area contributed by atoms with Gasteiger partial charge in [0.1, 0.15) is 18.1 Å². The molecule has 12 heteroatoms. The van der Waals surface area contributed by atoms with E-state index < -0.39 is 25.2 Å². The molecule has 0 N–H and O–H groups in total. The molecule has 210 valence electrons. The molecular weight excluding hydrogens is 559 g/mol. The molecule has 0 aliphatic carbocycles. The lowest BCUT2D eigenvalue weighted by atomic mass is 10.2. The number of ether oxygens (including phenoxy) is 3. The minimum Gasteiger partial charge on any atom is -0.456 e. The van der Waals surface area contributed by atoms with Crippen molar-refractivity contribution >= 4 is 42.1 Å². The number of benzene rings is 3. The van der Waals surface area contributed by atoms with Crippen LogP contribution in [0.3, 0.4) is 0 Å². The maximum absolute atomic E-state index is 13.5. The molecule has 0 fully saturated rings. The van der Waals surface area contributed by atoms with Gasteiger partial charge in [-0.2, -0.15) is 0 Å². The van der Waals surface area contributed by atoms with Gasteiger partial charge >= 0.3 is 25.2 Å². The van der Waals surface area contributed by atoms with Gasteiger partial charge in [-0.3, -0.25) is 23.4 Å². The molecule has 3 aromatic carbocycles. The van der Waals surface area contributed by atoms with Crippen molar-refractivity contribution in [3.05, 3.63) is 95.6 Å². The highest BCUT2D eigenvalue weighted by Gasteiger charge is 2.37. The van der Waals surface area contributed by atoms with Crippen LogP contribution in [0.1, 0.15) is 35.3 Å². The zero-order valence-corrected chi connectivity index (χ0v) is 23.5. The van der Waals surface area contributed by atoms with E-state index in [1.54, 1.807) is 54.6 Å². The van der Waals surface area contributed by atoms with Crippen LogP contribution in [-0.4, -0.2) is 35.1 Å². The molecule has 10 nitrogen and oxygen atoms in total. The van der Waals surface area contributed by atoms with Crippen molar-refractivity contribution in [2.24, 2.45) is 0 Å². The smallest absolute Gasteiger partial charge is 0.439 e. The standard InChI is InChI=1S/C28H27O10PS/c1-20(29)37-25-12-8-22(9-13-25)18-35-39(33,36-19-23-10-14-26(15-11-23)38-21(2)30)28(32)34-16-17-40-27(31)24-6-4-3-5-7-24/h3-15H,16-19H2,1-2H3. The Labute approximate surface area is 235 Å². The maximum atomic E-state index is 13.5. The van der Waals surface area contributed by atoms with Crippen molar-refractivity contribution in [2.75, 3.05) is 12.4 Å². The van der Waals surface area contributed by atoms with Crippen LogP contribution in [0.2, 0.25) is 0 Å². The summed E-state index contributed by atoms with van der Waals surface area (Å²) in [5, 5.41) is -0.193. The summed E-state index contributed by atoms with van der Waals surface area (Å²) < 4.78 is 39.5. The first-order valence-corrected chi connectivity index (χ1v) is 14.5. The van der Waals surface area contributed by atoms with Crippen LogP contribution in [0, 0.1) is 0 Å². The van der Waals surface area contributed by atoms with Crippen LogP contribution < -0.4 is 9.47 Å². The maximum Gasteiger partial charge on any atom is 0.439 e. The quantitative estimate of drug-likeness (QED) is 0.0985.